The van der Waals surface area contributed by atoms with Crippen LogP contribution in [-0.4, -0.2) is 50.9 Å². The van der Waals surface area contributed by atoms with Crippen molar-refractivity contribution in [1.82, 2.24) is 4.90 Å². The Morgan fingerprint density at radius 2 is 1.92 bits per heavy atom. The molecule has 1 fully saturated rings. The SMILES string of the molecule is COc1cc(/C=N\OCC(=O)N2CCCCCC2)cc(Cl)c1OC. The van der Waals surface area contributed by atoms with Gasteiger partial charge in [0, 0.05) is 18.7 Å². The van der Waals surface area contributed by atoms with Gasteiger partial charge in [0.05, 0.1) is 25.5 Å². The number of nitrogens with zero attached hydrogens (tertiary/aromatic N) is 2. The van der Waals surface area contributed by atoms with Crippen molar-refractivity contribution in [2.24, 2.45) is 5.16 Å². The van der Waals surface area contributed by atoms with Crippen LogP contribution in [0.2, 0.25) is 5.02 Å². The lowest BCUT2D eigenvalue weighted by atomic mass is 10.2. The summed E-state index contributed by atoms with van der Waals surface area (Å²) in [6, 6.07) is 3.42. The van der Waals surface area contributed by atoms with Crippen LogP contribution in [0.25, 0.3) is 0 Å². The van der Waals surface area contributed by atoms with Crippen LogP contribution < -0.4 is 9.47 Å². The van der Waals surface area contributed by atoms with Crippen molar-refractivity contribution in [2.75, 3.05) is 33.9 Å². The third kappa shape index (κ3) is 5.03. The Balaban J connectivity index is 1.89. The fourth-order valence-electron chi connectivity index (χ4n) is 2.61. The van der Waals surface area contributed by atoms with Gasteiger partial charge in [-0.05, 0) is 25.0 Å². The maximum atomic E-state index is 12.1. The zero-order chi connectivity index (χ0) is 17.4. The van der Waals surface area contributed by atoms with Crippen LogP contribution in [0, 0.1) is 0 Å². The van der Waals surface area contributed by atoms with Crippen molar-refractivity contribution < 1.29 is 19.1 Å². The molecule has 0 spiro atoms. The highest BCUT2D eigenvalue weighted by Gasteiger charge is 2.15. The average Bonchev–Trinajstić information content (AvgIpc) is 2.87. The molecule has 1 aromatic rings. The number of likely N-dealkylation sites (tertiary alicyclic amines) is 1. The van der Waals surface area contributed by atoms with Crippen molar-refractivity contribution in [3.05, 3.63) is 22.7 Å². The fourth-order valence-corrected chi connectivity index (χ4v) is 2.91. The minimum absolute atomic E-state index is 0.0283. The van der Waals surface area contributed by atoms with Crippen LogP contribution in [0.1, 0.15) is 31.2 Å². The van der Waals surface area contributed by atoms with E-state index in [1.165, 1.54) is 33.3 Å². The minimum atomic E-state index is -0.0580. The molecule has 1 saturated heterocycles. The van der Waals surface area contributed by atoms with Gasteiger partial charge in [0.15, 0.2) is 18.1 Å². The van der Waals surface area contributed by atoms with Crippen LogP contribution in [0.4, 0.5) is 0 Å². The highest BCUT2D eigenvalue weighted by atomic mass is 35.5. The van der Waals surface area contributed by atoms with Crippen molar-refractivity contribution in [3.63, 3.8) is 0 Å². The number of rotatable bonds is 6. The summed E-state index contributed by atoms with van der Waals surface area (Å²) >= 11 is 6.13. The molecule has 0 radical (unpaired) electrons. The van der Waals surface area contributed by atoms with E-state index in [1.54, 1.807) is 12.1 Å². The van der Waals surface area contributed by atoms with Crippen molar-refractivity contribution in [2.45, 2.75) is 25.7 Å². The largest absolute Gasteiger partial charge is 0.493 e. The number of oxime groups is 1. The lowest BCUT2D eigenvalue weighted by molar-refractivity contribution is -0.136. The summed E-state index contributed by atoms with van der Waals surface area (Å²) in [6.45, 7) is 1.55. The summed E-state index contributed by atoms with van der Waals surface area (Å²) < 4.78 is 10.4. The van der Waals surface area contributed by atoms with Crippen LogP contribution in [0.5, 0.6) is 11.5 Å². The molecule has 1 heterocycles. The van der Waals surface area contributed by atoms with Gasteiger partial charge >= 0.3 is 0 Å². The van der Waals surface area contributed by atoms with E-state index in [9.17, 15) is 4.79 Å². The van der Waals surface area contributed by atoms with Crippen LogP contribution >= 0.6 is 11.6 Å². The number of amides is 1. The standard InChI is InChI=1S/C17H23ClN2O4/c1-22-15-10-13(9-14(18)17(15)23-2)11-19-24-12-16(21)20-7-5-3-4-6-8-20/h9-11H,3-8,12H2,1-2H3/b19-11-. The summed E-state index contributed by atoms with van der Waals surface area (Å²) in [5, 5.41) is 4.26. The monoisotopic (exact) mass is 354 g/mol. The predicted molar refractivity (Wildman–Crippen MR) is 93.2 cm³/mol. The summed E-state index contributed by atoms with van der Waals surface area (Å²) in [5.41, 5.74) is 0.694. The van der Waals surface area contributed by atoms with Gasteiger partial charge in [0.25, 0.3) is 5.91 Å². The fraction of sp³-hybridized carbons (Fsp3) is 0.529. The molecule has 0 N–H and O–H groups in total. The molecule has 0 bridgehead atoms. The highest BCUT2D eigenvalue weighted by molar-refractivity contribution is 6.32. The number of benzene rings is 1. The van der Waals surface area contributed by atoms with Crippen LogP contribution in [0.3, 0.4) is 0 Å². The molecule has 2 rings (SSSR count). The first-order chi connectivity index (χ1) is 11.7. The van der Waals surface area contributed by atoms with E-state index in [-0.39, 0.29) is 12.5 Å². The van der Waals surface area contributed by atoms with Gasteiger partial charge in [-0.1, -0.05) is 29.6 Å². The van der Waals surface area contributed by atoms with Gasteiger partial charge in [-0.3, -0.25) is 4.79 Å². The maximum absolute atomic E-state index is 12.1. The maximum Gasteiger partial charge on any atom is 0.263 e. The molecule has 6 nitrogen and oxygen atoms in total. The Bertz CT molecular complexity index is 584. The first kappa shape index (κ1) is 18.4. The molecule has 132 valence electrons. The first-order valence-electron chi connectivity index (χ1n) is 8.00. The zero-order valence-electron chi connectivity index (χ0n) is 14.1. The Labute approximate surface area is 147 Å². The second-order valence-electron chi connectivity index (χ2n) is 5.54. The van der Waals surface area contributed by atoms with Crippen molar-refractivity contribution in [1.29, 1.82) is 0 Å². The molecule has 0 atom stereocenters. The molecule has 0 aromatic heterocycles. The quantitative estimate of drug-likeness (QED) is 0.581. The molecule has 0 unspecified atom stereocenters. The first-order valence-corrected chi connectivity index (χ1v) is 8.38. The van der Waals surface area contributed by atoms with E-state index in [0.717, 1.165) is 25.9 Å². The van der Waals surface area contributed by atoms with Gasteiger partial charge in [-0.25, -0.2) is 0 Å². The molecule has 24 heavy (non-hydrogen) atoms. The predicted octanol–water partition coefficient (Wildman–Crippen LogP) is 3.11. The molecular weight excluding hydrogens is 332 g/mol. The smallest absolute Gasteiger partial charge is 0.263 e. The van der Waals surface area contributed by atoms with Gasteiger partial charge < -0.3 is 19.2 Å². The zero-order valence-corrected chi connectivity index (χ0v) is 14.8. The van der Waals surface area contributed by atoms with Gasteiger partial charge in [0.1, 0.15) is 0 Å². The Morgan fingerprint density at radius 3 is 2.54 bits per heavy atom. The summed E-state index contributed by atoms with van der Waals surface area (Å²) in [4.78, 5) is 19.0. The number of ether oxygens (including phenoxy) is 2. The second kappa shape index (κ2) is 9.37. The molecule has 1 aromatic carbocycles. The van der Waals surface area contributed by atoms with E-state index >= 15 is 0 Å². The summed E-state index contributed by atoms with van der Waals surface area (Å²) in [5.74, 6) is 0.945. The number of halogens is 1. The number of carbonyl (C=O) groups excluding carboxylic acids is 1. The van der Waals surface area contributed by atoms with Crippen LogP contribution in [-0.2, 0) is 9.63 Å². The van der Waals surface area contributed by atoms with Crippen LogP contribution in [0.15, 0.2) is 17.3 Å². The van der Waals surface area contributed by atoms with Gasteiger partial charge in [0.2, 0.25) is 0 Å². The topological polar surface area (TPSA) is 60.4 Å². The molecule has 1 amide bonds. The molecule has 7 heteroatoms. The third-order valence-electron chi connectivity index (χ3n) is 3.88. The molecule has 1 aliphatic rings. The second-order valence-corrected chi connectivity index (χ2v) is 5.95. The molecular formula is C17H23ClN2O4. The lowest BCUT2D eigenvalue weighted by Crippen LogP contribution is -2.34. The van der Waals surface area contributed by atoms with E-state index in [2.05, 4.69) is 5.16 Å². The Hall–Kier alpha value is -1.95. The normalized spacial score (nSPS) is 15.2. The van der Waals surface area contributed by atoms with Gasteiger partial charge in [-0.15, -0.1) is 0 Å². The average molecular weight is 355 g/mol. The van der Waals surface area contributed by atoms with Crippen molar-refractivity contribution in [3.8, 4) is 11.5 Å². The Kier molecular flexibility index (Phi) is 7.18. The van der Waals surface area contributed by atoms with Crippen molar-refractivity contribution >= 4 is 23.7 Å². The third-order valence-corrected chi connectivity index (χ3v) is 4.16. The van der Waals surface area contributed by atoms with E-state index in [4.69, 9.17) is 25.9 Å². The molecule has 1 aliphatic heterocycles. The molecule has 0 saturated carbocycles. The lowest BCUT2D eigenvalue weighted by Gasteiger charge is -2.19. The molecule has 0 aliphatic carbocycles. The van der Waals surface area contributed by atoms with E-state index < -0.39 is 0 Å². The Morgan fingerprint density at radius 1 is 1.21 bits per heavy atom. The summed E-state index contributed by atoms with van der Waals surface area (Å²) in [7, 11) is 3.06. The van der Waals surface area contributed by atoms with E-state index in [1.807, 2.05) is 4.90 Å². The number of hydrogen-bond acceptors (Lipinski definition) is 5. The number of methoxy groups -OCH3 is 2. The van der Waals surface area contributed by atoms with Gasteiger partial charge in [-0.2, -0.15) is 0 Å². The minimum Gasteiger partial charge on any atom is -0.493 e. The number of carbonyl (C=O) groups is 1. The highest BCUT2D eigenvalue weighted by Crippen LogP contribution is 2.35. The summed E-state index contributed by atoms with van der Waals surface area (Å²) in [6.07, 6.45) is 5.97. The van der Waals surface area contributed by atoms with E-state index in [0.29, 0.717) is 22.1 Å². The number of hydrogen-bond donors (Lipinski definition) is 0.